The van der Waals surface area contributed by atoms with Gasteiger partial charge in [0.05, 0.1) is 55.3 Å². The van der Waals surface area contributed by atoms with E-state index in [-0.39, 0.29) is 41.8 Å². The maximum atomic E-state index is 14.1. The second-order valence-corrected chi connectivity index (χ2v) is 16.3. The van der Waals surface area contributed by atoms with E-state index in [0.29, 0.717) is 6.54 Å². The molecule has 1 aliphatic carbocycles. The summed E-state index contributed by atoms with van der Waals surface area (Å²) in [6.07, 6.45) is 4.37. The van der Waals surface area contributed by atoms with Crippen LogP contribution >= 0.6 is 0 Å². The van der Waals surface area contributed by atoms with E-state index in [1.54, 1.807) is 13.1 Å². The maximum absolute atomic E-state index is 14.1. The Bertz CT molecular complexity index is 2370. The Balaban J connectivity index is 1.00. The van der Waals surface area contributed by atoms with Crippen LogP contribution in [0.2, 0.25) is 0 Å². The second-order valence-electron chi connectivity index (χ2n) is 16.3. The minimum atomic E-state index is -0.897. The summed E-state index contributed by atoms with van der Waals surface area (Å²) in [6.45, 7) is 6.16. The molecule has 15 nitrogen and oxygen atoms in total. The molecule has 0 radical (unpaired) electrons. The molecule has 2 bridgehead atoms. The second kappa shape index (κ2) is 16.4. The highest BCUT2D eigenvalue weighted by atomic mass is 16.5. The molecule has 7 atom stereocenters. The van der Waals surface area contributed by atoms with Crippen molar-refractivity contribution in [3.8, 4) is 22.4 Å². The van der Waals surface area contributed by atoms with Gasteiger partial charge in [0.1, 0.15) is 23.7 Å². The number of amides is 4. The molecule has 4 heterocycles. The zero-order valence-electron chi connectivity index (χ0n) is 34.3. The number of H-pyrrole nitrogens is 2. The predicted molar refractivity (Wildman–Crippen MR) is 221 cm³/mol. The molecule has 1 saturated carbocycles. The number of benzene rings is 3. The summed E-state index contributed by atoms with van der Waals surface area (Å²) < 4.78 is 15.1. The summed E-state index contributed by atoms with van der Waals surface area (Å²) in [5.74, 6) is 1.28. The molecule has 4 N–H and O–H groups in total. The molecule has 3 aliphatic rings. The van der Waals surface area contributed by atoms with Crippen LogP contribution in [0.5, 0.6) is 0 Å². The number of nitrogens with one attached hydrogen (secondary N) is 4. The van der Waals surface area contributed by atoms with E-state index >= 15 is 0 Å². The molecule has 59 heavy (non-hydrogen) atoms. The number of alkyl carbamates (subject to hydrolysis) is 2. The number of carbonyl (C=O) groups excluding carboxylic acids is 4. The molecular formula is C44H52N8O7. The van der Waals surface area contributed by atoms with Crippen molar-refractivity contribution in [1.29, 1.82) is 0 Å². The van der Waals surface area contributed by atoms with Gasteiger partial charge in [-0.3, -0.25) is 9.59 Å². The molecule has 4 amide bonds. The first-order valence-corrected chi connectivity index (χ1v) is 20.4. The zero-order valence-corrected chi connectivity index (χ0v) is 34.3. The van der Waals surface area contributed by atoms with Crippen LogP contribution in [-0.2, 0) is 23.8 Å². The van der Waals surface area contributed by atoms with Gasteiger partial charge in [-0.05, 0) is 85.1 Å². The lowest BCUT2D eigenvalue weighted by Gasteiger charge is -2.37. The van der Waals surface area contributed by atoms with Crippen molar-refractivity contribution in [2.75, 3.05) is 27.9 Å². The van der Waals surface area contributed by atoms with Gasteiger partial charge in [0.15, 0.2) is 0 Å². The number of fused-ring (bicyclic) bond motifs is 5. The van der Waals surface area contributed by atoms with Crippen LogP contribution in [0.15, 0.2) is 60.8 Å². The van der Waals surface area contributed by atoms with Gasteiger partial charge in [-0.1, -0.05) is 56.3 Å². The Labute approximate surface area is 342 Å². The third-order valence-corrected chi connectivity index (χ3v) is 12.5. The molecule has 310 valence electrons. The fourth-order valence-corrected chi connectivity index (χ4v) is 9.35. The first-order valence-electron chi connectivity index (χ1n) is 20.4. The van der Waals surface area contributed by atoms with E-state index in [1.807, 2.05) is 29.7 Å². The molecule has 2 saturated heterocycles. The van der Waals surface area contributed by atoms with Gasteiger partial charge in [0.25, 0.3) is 0 Å². The van der Waals surface area contributed by atoms with Gasteiger partial charge < -0.3 is 44.6 Å². The van der Waals surface area contributed by atoms with Crippen LogP contribution in [0.3, 0.4) is 0 Å². The average molecular weight is 805 g/mol. The van der Waals surface area contributed by atoms with Crippen LogP contribution in [0, 0.1) is 11.8 Å². The molecule has 8 rings (SSSR count). The Morgan fingerprint density at radius 1 is 0.797 bits per heavy atom. The highest BCUT2D eigenvalue weighted by Gasteiger charge is 2.52. The molecule has 2 aliphatic heterocycles. The number of hydrogen-bond donors (Lipinski definition) is 4. The molecular weight excluding hydrogens is 753 g/mol. The Morgan fingerprint density at radius 2 is 1.51 bits per heavy atom. The first kappa shape index (κ1) is 39.8. The van der Waals surface area contributed by atoms with E-state index < -0.39 is 30.4 Å². The summed E-state index contributed by atoms with van der Waals surface area (Å²) in [4.78, 5) is 72.5. The van der Waals surface area contributed by atoms with Crippen LogP contribution in [-0.4, -0.2) is 106 Å². The molecule has 15 heteroatoms. The highest BCUT2D eigenvalue weighted by molar-refractivity contribution is 6.05. The number of rotatable bonds is 11. The van der Waals surface area contributed by atoms with Crippen molar-refractivity contribution in [1.82, 2.24) is 40.4 Å². The van der Waals surface area contributed by atoms with E-state index in [0.717, 1.165) is 87.9 Å². The minimum Gasteiger partial charge on any atom is -0.453 e. The van der Waals surface area contributed by atoms with E-state index in [9.17, 15) is 19.2 Å². The number of nitrogens with zero attached hydrogens (tertiary/aromatic N) is 4. The van der Waals surface area contributed by atoms with Gasteiger partial charge in [-0.2, -0.15) is 0 Å². The minimum absolute atomic E-state index is 0.0619. The normalized spacial score (nSPS) is 21.5. The quantitative estimate of drug-likeness (QED) is 0.114. The number of methoxy groups -OCH3 is 3. The van der Waals surface area contributed by atoms with Crippen LogP contribution in [0.4, 0.5) is 9.59 Å². The number of aromatic nitrogens is 4. The molecule has 5 aromatic rings. The van der Waals surface area contributed by atoms with E-state index in [4.69, 9.17) is 24.2 Å². The summed E-state index contributed by atoms with van der Waals surface area (Å²) in [7, 11) is 4.09. The summed E-state index contributed by atoms with van der Waals surface area (Å²) >= 11 is 0. The lowest BCUT2D eigenvalue weighted by atomic mass is 9.97. The SMILES string of the molecule is COC(=O)NC(C(=O)N1CCC[C@H]1c1ncc(-c2ccc(-c3ccc4c(ccc5[nH]c([C@@H]6[C@H]7CC[C@H](C7)N6C(=O)[C@@H](NC(=O)OC)[C@@H](C)OC)nc54)c3)cc2)[nH]1)C(C)C. The van der Waals surface area contributed by atoms with Gasteiger partial charge in [0, 0.05) is 25.1 Å². The van der Waals surface area contributed by atoms with Gasteiger partial charge in [0.2, 0.25) is 11.8 Å². The number of likely N-dealkylation sites (tertiary alicyclic amines) is 2. The summed E-state index contributed by atoms with van der Waals surface area (Å²) in [5, 5.41) is 7.45. The van der Waals surface area contributed by atoms with Crippen molar-refractivity contribution in [3.63, 3.8) is 0 Å². The molecule has 1 unspecified atom stereocenters. The largest absolute Gasteiger partial charge is 0.453 e. The Kier molecular flexibility index (Phi) is 11.0. The van der Waals surface area contributed by atoms with Crippen molar-refractivity contribution < 1.29 is 33.4 Å². The molecule has 3 fully saturated rings. The smallest absolute Gasteiger partial charge is 0.407 e. The number of ether oxygens (including phenoxy) is 3. The number of hydrogen-bond acceptors (Lipinski definition) is 9. The summed E-state index contributed by atoms with van der Waals surface area (Å²) in [6, 6.07) is 16.8. The first-order chi connectivity index (χ1) is 28.5. The molecule has 0 spiro atoms. The number of piperidine rings is 1. The average Bonchev–Trinajstić information content (AvgIpc) is 4.11. The van der Waals surface area contributed by atoms with Gasteiger partial charge >= 0.3 is 12.2 Å². The van der Waals surface area contributed by atoms with Crippen LogP contribution < -0.4 is 10.6 Å². The summed E-state index contributed by atoms with van der Waals surface area (Å²) in [5.41, 5.74) is 5.69. The van der Waals surface area contributed by atoms with E-state index in [2.05, 4.69) is 69.1 Å². The lowest BCUT2D eigenvalue weighted by Crippen LogP contribution is -2.56. The Hall–Kier alpha value is -5.96. The van der Waals surface area contributed by atoms with Crippen LogP contribution in [0.1, 0.15) is 76.6 Å². The highest BCUT2D eigenvalue weighted by Crippen LogP contribution is 2.50. The van der Waals surface area contributed by atoms with Crippen molar-refractivity contribution in [2.24, 2.45) is 11.8 Å². The van der Waals surface area contributed by atoms with Crippen molar-refractivity contribution in [2.45, 2.75) is 89.2 Å². The van der Waals surface area contributed by atoms with Gasteiger partial charge in [-0.15, -0.1) is 0 Å². The number of carbonyl (C=O) groups is 4. The lowest BCUT2D eigenvalue weighted by molar-refractivity contribution is -0.141. The third kappa shape index (κ3) is 7.47. The Morgan fingerprint density at radius 3 is 2.22 bits per heavy atom. The molecule has 2 aromatic heterocycles. The number of aromatic amines is 2. The number of imidazole rings is 2. The van der Waals surface area contributed by atoms with Gasteiger partial charge in [-0.25, -0.2) is 19.6 Å². The monoisotopic (exact) mass is 804 g/mol. The topological polar surface area (TPSA) is 184 Å². The zero-order chi connectivity index (χ0) is 41.5. The third-order valence-electron chi connectivity index (χ3n) is 12.5. The van der Waals surface area contributed by atoms with Crippen molar-refractivity contribution in [3.05, 3.63) is 72.4 Å². The predicted octanol–water partition coefficient (Wildman–Crippen LogP) is 6.63. The van der Waals surface area contributed by atoms with Crippen LogP contribution in [0.25, 0.3) is 44.2 Å². The maximum Gasteiger partial charge on any atom is 0.407 e. The fourth-order valence-electron chi connectivity index (χ4n) is 9.35. The van der Waals surface area contributed by atoms with E-state index in [1.165, 1.54) is 21.3 Å². The molecule has 3 aromatic carbocycles. The fraction of sp³-hybridized carbons (Fsp3) is 0.455. The standard InChI is InChI=1S/C44H52N8O7/c1-23(2)35(49-43(55)58-5)41(53)51-19-7-8-34(51)39-45-22-33(47-39)26-11-9-25(10-12-26)27-14-17-31-28(20-27)15-18-32-37(31)48-40(46-32)38-29-13-16-30(21-29)52(38)42(54)36(24(3)57-4)50-44(56)59-6/h9-12,14-15,17-18,20,22-24,29-30,34-36,38H,7-8,13,16,19,21H2,1-6H3,(H,45,47)(H,46,48)(H,49,55)(H,50,56)/t24-,29+,30-,34+,35?,36+,38+/m1/s1. The van der Waals surface area contributed by atoms with Crippen molar-refractivity contribution >= 4 is 45.8 Å².